The molecule has 0 aromatic heterocycles. The van der Waals surface area contributed by atoms with E-state index >= 15 is 0 Å². The predicted molar refractivity (Wildman–Crippen MR) is 116 cm³/mol. The van der Waals surface area contributed by atoms with Gasteiger partial charge in [-0.3, -0.25) is 14.5 Å². The summed E-state index contributed by atoms with van der Waals surface area (Å²) in [6.07, 6.45) is 2.80. The minimum Gasteiger partial charge on any atom is -0.496 e. The number of ether oxygens (including phenoxy) is 2. The average molecular weight is 411 g/mol. The average Bonchev–Trinajstić information content (AvgIpc) is 3.32. The molecule has 160 valence electrons. The van der Waals surface area contributed by atoms with E-state index in [0.717, 1.165) is 24.4 Å². The molecule has 1 atom stereocenters. The Kier molecular flexibility index (Phi) is 7.85. The maximum absolute atomic E-state index is 12.4. The Balaban J connectivity index is 1.57. The lowest BCUT2D eigenvalue weighted by atomic mass is 10.0. The van der Waals surface area contributed by atoms with E-state index in [1.165, 1.54) is 12.8 Å². The third-order valence-electron chi connectivity index (χ3n) is 5.44. The van der Waals surface area contributed by atoms with Crippen molar-refractivity contribution in [3.8, 4) is 11.5 Å². The summed E-state index contributed by atoms with van der Waals surface area (Å²) in [6.45, 7) is 4.28. The van der Waals surface area contributed by atoms with Gasteiger partial charge in [-0.25, -0.2) is 0 Å². The van der Waals surface area contributed by atoms with Crippen molar-refractivity contribution in [2.75, 3.05) is 33.4 Å². The van der Waals surface area contributed by atoms with Crippen molar-refractivity contribution < 1.29 is 19.1 Å². The van der Waals surface area contributed by atoms with Gasteiger partial charge in [0, 0.05) is 24.1 Å². The largest absolute Gasteiger partial charge is 0.496 e. The van der Waals surface area contributed by atoms with Crippen molar-refractivity contribution in [2.24, 2.45) is 0 Å². The molecule has 1 aliphatic heterocycles. The summed E-state index contributed by atoms with van der Waals surface area (Å²) in [4.78, 5) is 26.5. The molecular formula is C24H30N2O4. The van der Waals surface area contributed by atoms with Crippen molar-refractivity contribution in [1.29, 1.82) is 0 Å². The molecule has 0 radical (unpaired) electrons. The Hall–Kier alpha value is -2.86. The lowest BCUT2D eigenvalue weighted by Gasteiger charge is -2.29. The van der Waals surface area contributed by atoms with Crippen LogP contribution in [-0.4, -0.2) is 49.9 Å². The zero-order chi connectivity index (χ0) is 21.3. The number of carbonyl (C=O) groups excluding carboxylic acids is 2. The second-order valence-electron chi connectivity index (χ2n) is 7.39. The number of methoxy groups -OCH3 is 1. The van der Waals surface area contributed by atoms with E-state index in [4.69, 9.17) is 9.47 Å². The van der Waals surface area contributed by atoms with Crippen LogP contribution in [0.5, 0.6) is 11.5 Å². The van der Waals surface area contributed by atoms with E-state index in [-0.39, 0.29) is 24.3 Å². The van der Waals surface area contributed by atoms with Gasteiger partial charge in [-0.2, -0.15) is 0 Å². The molecule has 0 saturated carbocycles. The molecule has 1 saturated heterocycles. The third kappa shape index (κ3) is 5.60. The standard InChI is InChI=1S/C24H30N2O4/c1-3-22(27)18-10-12-19(13-11-18)30-17-24(28)25-16-21(26-14-6-7-15-26)20-8-4-5-9-23(20)29-2/h4-5,8-13,21H,3,6-7,14-17H2,1-2H3,(H,25,28). The highest BCUT2D eigenvalue weighted by atomic mass is 16.5. The number of hydrogen-bond donors (Lipinski definition) is 1. The topological polar surface area (TPSA) is 67.9 Å². The first-order chi connectivity index (χ1) is 14.6. The summed E-state index contributed by atoms with van der Waals surface area (Å²) in [5.74, 6) is 1.31. The molecule has 2 aromatic rings. The number of hydrogen-bond acceptors (Lipinski definition) is 5. The minimum atomic E-state index is -0.178. The summed E-state index contributed by atoms with van der Waals surface area (Å²) >= 11 is 0. The van der Waals surface area contributed by atoms with Crippen LogP contribution in [0.2, 0.25) is 0 Å². The summed E-state index contributed by atoms with van der Waals surface area (Å²) in [7, 11) is 1.67. The lowest BCUT2D eigenvalue weighted by Crippen LogP contribution is -2.38. The van der Waals surface area contributed by atoms with Crippen LogP contribution in [0.3, 0.4) is 0 Å². The molecule has 1 heterocycles. The van der Waals surface area contributed by atoms with Crippen molar-refractivity contribution in [3.63, 3.8) is 0 Å². The van der Waals surface area contributed by atoms with Gasteiger partial charge in [0.05, 0.1) is 13.2 Å². The van der Waals surface area contributed by atoms with E-state index in [9.17, 15) is 9.59 Å². The normalized spacial score (nSPS) is 14.9. The van der Waals surface area contributed by atoms with Crippen LogP contribution in [0.1, 0.15) is 48.1 Å². The highest BCUT2D eigenvalue weighted by Crippen LogP contribution is 2.31. The van der Waals surface area contributed by atoms with Crippen molar-refractivity contribution in [3.05, 3.63) is 59.7 Å². The number of nitrogens with one attached hydrogen (secondary N) is 1. The zero-order valence-corrected chi connectivity index (χ0v) is 17.7. The number of Topliss-reactive ketones (excluding diaryl/α,β-unsaturated/α-hetero) is 1. The van der Waals surface area contributed by atoms with Gasteiger partial charge in [-0.1, -0.05) is 25.1 Å². The van der Waals surface area contributed by atoms with Crippen molar-refractivity contribution in [2.45, 2.75) is 32.2 Å². The van der Waals surface area contributed by atoms with Crippen LogP contribution in [0.15, 0.2) is 48.5 Å². The van der Waals surface area contributed by atoms with Gasteiger partial charge in [-0.15, -0.1) is 0 Å². The highest BCUT2D eigenvalue weighted by Gasteiger charge is 2.26. The molecule has 0 bridgehead atoms. The second-order valence-corrected chi connectivity index (χ2v) is 7.39. The molecule has 6 nitrogen and oxygen atoms in total. The SMILES string of the molecule is CCC(=O)c1ccc(OCC(=O)NCC(c2ccccc2OC)N2CCCC2)cc1. The van der Waals surface area contributed by atoms with Gasteiger partial charge in [0.1, 0.15) is 11.5 Å². The fourth-order valence-electron chi connectivity index (χ4n) is 3.78. The van der Waals surface area contributed by atoms with E-state index in [1.807, 2.05) is 25.1 Å². The van der Waals surface area contributed by atoms with E-state index in [2.05, 4.69) is 16.3 Å². The van der Waals surface area contributed by atoms with Crippen molar-refractivity contribution >= 4 is 11.7 Å². The number of ketones is 1. The molecule has 30 heavy (non-hydrogen) atoms. The number of amides is 1. The van der Waals surface area contributed by atoms with Crippen molar-refractivity contribution in [1.82, 2.24) is 10.2 Å². The van der Waals surface area contributed by atoms with Gasteiger partial charge in [0.2, 0.25) is 0 Å². The van der Waals surface area contributed by atoms with Crippen LogP contribution in [0, 0.1) is 0 Å². The van der Waals surface area contributed by atoms with E-state index in [1.54, 1.807) is 31.4 Å². The Morgan fingerprint density at radius 2 is 1.77 bits per heavy atom. The lowest BCUT2D eigenvalue weighted by molar-refractivity contribution is -0.123. The monoisotopic (exact) mass is 410 g/mol. The molecule has 1 aliphatic rings. The van der Waals surface area contributed by atoms with Crippen LogP contribution in [0.25, 0.3) is 0 Å². The number of rotatable bonds is 10. The van der Waals surface area contributed by atoms with Crippen LogP contribution in [-0.2, 0) is 4.79 Å². The second kappa shape index (κ2) is 10.8. The van der Waals surface area contributed by atoms with Crippen LogP contribution >= 0.6 is 0 Å². The Labute approximate surface area is 178 Å². The first-order valence-electron chi connectivity index (χ1n) is 10.5. The summed E-state index contributed by atoms with van der Waals surface area (Å²) in [5, 5.41) is 3.00. The maximum atomic E-state index is 12.4. The Morgan fingerprint density at radius 1 is 1.07 bits per heavy atom. The predicted octanol–water partition coefficient (Wildman–Crippen LogP) is 3.62. The molecule has 6 heteroatoms. The quantitative estimate of drug-likeness (QED) is 0.606. The van der Waals surface area contributed by atoms with Gasteiger partial charge in [-0.05, 0) is 56.3 Å². The maximum Gasteiger partial charge on any atom is 0.258 e. The first kappa shape index (κ1) is 21.8. The number of para-hydroxylation sites is 1. The number of likely N-dealkylation sites (tertiary alicyclic amines) is 1. The number of benzene rings is 2. The van der Waals surface area contributed by atoms with Crippen LogP contribution in [0.4, 0.5) is 0 Å². The Morgan fingerprint density at radius 3 is 2.43 bits per heavy atom. The molecule has 1 N–H and O–H groups in total. The number of nitrogens with zero attached hydrogens (tertiary/aromatic N) is 1. The highest BCUT2D eigenvalue weighted by molar-refractivity contribution is 5.95. The molecule has 3 rings (SSSR count). The molecule has 1 amide bonds. The summed E-state index contributed by atoms with van der Waals surface area (Å²) in [6, 6.07) is 14.9. The number of carbonyl (C=O) groups is 2. The van der Waals surface area contributed by atoms with Gasteiger partial charge in [0.15, 0.2) is 12.4 Å². The van der Waals surface area contributed by atoms with Gasteiger partial charge < -0.3 is 14.8 Å². The van der Waals surface area contributed by atoms with Gasteiger partial charge in [0.25, 0.3) is 5.91 Å². The minimum absolute atomic E-state index is 0.0620. The molecule has 1 fully saturated rings. The summed E-state index contributed by atoms with van der Waals surface area (Å²) < 4.78 is 11.1. The first-order valence-corrected chi connectivity index (χ1v) is 10.5. The Bertz CT molecular complexity index is 845. The molecule has 0 aliphatic carbocycles. The van der Waals surface area contributed by atoms with Gasteiger partial charge >= 0.3 is 0 Å². The molecule has 1 unspecified atom stereocenters. The fraction of sp³-hybridized carbons (Fsp3) is 0.417. The van der Waals surface area contributed by atoms with Crippen LogP contribution < -0.4 is 14.8 Å². The van der Waals surface area contributed by atoms with E-state index in [0.29, 0.717) is 24.3 Å². The third-order valence-corrected chi connectivity index (χ3v) is 5.44. The fourth-order valence-corrected chi connectivity index (χ4v) is 3.78. The molecule has 0 spiro atoms. The summed E-state index contributed by atoms with van der Waals surface area (Å²) in [5.41, 5.74) is 1.74. The zero-order valence-electron chi connectivity index (χ0n) is 17.7. The molecular weight excluding hydrogens is 380 g/mol. The molecule has 2 aromatic carbocycles. The smallest absolute Gasteiger partial charge is 0.258 e. The van der Waals surface area contributed by atoms with E-state index < -0.39 is 0 Å².